The van der Waals surface area contributed by atoms with E-state index in [1.807, 2.05) is 19.9 Å². The monoisotopic (exact) mass is 538 g/mol. The number of likely N-dealkylation sites (tertiary alicyclic amines) is 1. The molecular weight excluding hydrogens is 500 g/mol. The number of carbonyl (C=O) groups excluding carboxylic acids is 2. The zero-order valence-electron chi connectivity index (χ0n) is 23.0. The average molecular weight is 539 g/mol. The van der Waals surface area contributed by atoms with Crippen molar-refractivity contribution in [3.63, 3.8) is 0 Å². The molecule has 2 aliphatic rings. The first-order chi connectivity index (χ1) is 19.0. The predicted octanol–water partition coefficient (Wildman–Crippen LogP) is 4.03. The summed E-state index contributed by atoms with van der Waals surface area (Å²) >= 11 is 0. The minimum absolute atomic E-state index is 0.0567. The number of ketones is 1. The maximum absolute atomic E-state index is 13.4. The first-order valence-electron chi connectivity index (χ1n) is 13.6. The molecule has 0 aliphatic carbocycles. The number of benzene rings is 2. The SMILES string of the molecule is CCCOc1ccc(C2C(=C(O)c3ccc(OC)cc3)C(=O)C(=O)N2CCCN2CCOCC2)cc1OCC. The molecule has 2 fully saturated rings. The van der Waals surface area contributed by atoms with Crippen molar-refractivity contribution in [2.75, 3.05) is 59.7 Å². The Morgan fingerprint density at radius 3 is 2.41 bits per heavy atom. The molecule has 1 unspecified atom stereocenters. The fourth-order valence-electron chi connectivity index (χ4n) is 4.95. The van der Waals surface area contributed by atoms with Gasteiger partial charge in [0.05, 0.1) is 45.2 Å². The molecule has 2 saturated heterocycles. The summed E-state index contributed by atoms with van der Waals surface area (Å²) in [5.74, 6) is 0.204. The van der Waals surface area contributed by atoms with E-state index in [0.717, 1.165) is 26.1 Å². The number of hydrogen-bond donors (Lipinski definition) is 1. The van der Waals surface area contributed by atoms with E-state index >= 15 is 0 Å². The Kier molecular flexibility index (Phi) is 9.84. The number of rotatable bonds is 12. The van der Waals surface area contributed by atoms with Crippen molar-refractivity contribution in [3.8, 4) is 17.2 Å². The van der Waals surface area contributed by atoms with Crippen LogP contribution in [0.1, 0.15) is 43.9 Å². The lowest BCUT2D eigenvalue weighted by Crippen LogP contribution is -2.39. The number of methoxy groups -OCH3 is 1. The van der Waals surface area contributed by atoms with Crippen LogP contribution in [0.2, 0.25) is 0 Å². The molecule has 9 heteroatoms. The van der Waals surface area contributed by atoms with Crippen molar-refractivity contribution in [1.82, 2.24) is 9.80 Å². The molecule has 2 heterocycles. The van der Waals surface area contributed by atoms with Gasteiger partial charge in [-0.2, -0.15) is 0 Å². The van der Waals surface area contributed by atoms with Crippen molar-refractivity contribution in [2.45, 2.75) is 32.7 Å². The molecule has 2 aliphatic heterocycles. The molecule has 9 nitrogen and oxygen atoms in total. The third-order valence-corrected chi connectivity index (χ3v) is 6.93. The van der Waals surface area contributed by atoms with Crippen LogP contribution in [-0.2, 0) is 14.3 Å². The molecule has 0 aromatic heterocycles. The van der Waals surface area contributed by atoms with Gasteiger partial charge in [-0.25, -0.2) is 0 Å². The average Bonchev–Trinajstić information content (AvgIpc) is 3.22. The van der Waals surface area contributed by atoms with Crippen LogP contribution in [0.5, 0.6) is 17.2 Å². The number of carbonyl (C=O) groups is 2. The molecule has 1 amide bonds. The van der Waals surface area contributed by atoms with Crippen molar-refractivity contribution in [2.24, 2.45) is 0 Å². The number of morpholine rings is 1. The largest absolute Gasteiger partial charge is 0.507 e. The fourth-order valence-corrected chi connectivity index (χ4v) is 4.95. The summed E-state index contributed by atoms with van der Waals surface area (Å²) in [4.78, 5) is 30.6. The van der Waals surface area contributed by atoms with E-state index in [0.29, 0.717) is 67.8 Å². The second-order valence-electron chi connectivity index (χ2n) is 9.52. The highest BCUT2D eigenvalue weighted by molar-refractivity contribution is 6.46. The minimum atomic E-state index is -0.767. The highest BCUT2D eigenvalue weighted by Gasteiger charge is 2.46. The van der Waals surface area contributed by atoms with E-state index in [1.54, 1.807) is 48.4 Å². The van der Waals surface area contributed by atoms with E-state index in [2.05, 4.69) is 4.90 Å². The van der Waals surface area contributed by atoms with Gasteiger partial charge in [-0.3, -0.25) is 14.5 Å². The maximum atomic E-state index is 13.4. The summed E-state index contributed by atoms with van der Waals surface area (Å²) in [5, 5.41) is 11.4. The van der Waals surface area contributed by atoms with Crippen LogP contribution < -0.4 is 14.2 Å². The first kappa shape index (κ1) is 28.4. The van der Waals surface area contributed by atoms with Gasteiger partial charge in [0.15, 0.2) is 11.5 Å². The molecule has 0 saturated carbocycles. The fraction of sp³-hybridized carbons (Fsp3) is 0.467. The zero-order chi connectivity index (χ0) is 27.8. The third kappa shape index (κ3) is 6.54. The van der Waals surface area contributed by atoms with Crippen LogP contribution in [0.3, 0.4) is 0 Å². The standard InChI is InChI=1S/C30H38N2O7/c1-4-17-39-24-12-9-22(20-25(24)38-5-2)27-26(28(33)21-7-10-23(36-3)11-8-21)29(34)30(35)32(27)14-6-13-31-15-18-37-19-16-31/h7-12,20,27,33H,4-6,13-19H2,1-3H3. The molecule has 0 spiro atoms. The van der Waals surface area contributed by atoms with Crippen molar-refractivity contribution < 1.29 is 33.6 Å². The Morgan fingerprint density at radius 1 is 1.00 bits per heavy atom. The van der Waals surface area contributed by atoms with Crippen molar-refractivity contribution in [1.29, 1.82) is 0 Å². The van der Waals surface area contributed by atoms with E-state index in [-0.39, 0.29) is 11.3 Å². The third-order valence-electron chi connectivity index (χ3n) is 6.93. The molecule has 0 radical (unpaired) electrons. The molecule has 2 aromatic carbocycles. The van der Waals surface area contributed by atoms with Gasteiger partial charge in [0.1, 0.15) is 11.5 Å². The second-order valence-corrected chi connectivity index (χ2v) is 9.52. The van der Waals surface area contributed by atoms with Gasteiger partial charge < -0.3 is 29.0 Å². The lowest BCUT2D eigenvalue weighted by molar-refractivity contribution is -0.140. The van der Waals surface area contributed by atoms with Crippen LogP contribution in [0.15, 0.2) is 48.0 Å². The Hall–Kier alpha value is -3.56. The molecule has 39 heavy (non-hydrogen) atoms. The van der Waals surface area contributed by atoms with Gasteiger partial charge >= 0.3 is 0 Å². The van der Waals surface area contributed by atoms with E-state index in [4.69, 9.17) is 18.9 Å². The molecule has 1 N–H and O–H groups in total. The van der Waals surface area contributed by atoms with Crippen LogP contribution in [0.4, 0.5) is 0 Å². The lowest BCUT2D eigenvalue weighted by atomic mass is 9.95. The number of aliphatic hydroxyl groups excluding tert-OH is 1. The zero-order valence-corrected chi connectivity index (χ0v) is 23.0. The van der Waals surface area contributed by atoms with Crippen LogP contribution in [0, 0.1) is 0 Å². The number of nitrogens with zero attached hydrogens (tertiary/aromatic N) is 2. The number of Topliss-reactive ketones (excluding diaryl/α,β-unsaturated/α-hetero) is 1. The summed E-state index contributed by atoms with van der Waals surface area (Å²) in [6.45, 7) is 9.10. The highest BCUT2D eigenvalue weighted by atomic mass is 16.5. The molecular formula is C30H38N2O7. The van der Waals surface area contributed by atoms with Crippen LogP contribution >= 0.6 is 0 Å². The Balaban J connectivity index is 1.72. The topological polar surface area (TPSA) is 97.8 Å². The maximum Gasteiger partial charge on any atom is 0.295 e. The second kappa shape index (κ2) is 13.5. The summed E-state index contributed by atoms with van der Waals surface area (Å²) in [5.41, 5.74) is 1.16. The Morgan fingerprint density at radius 2 is 1.74 bits per heavy atom. The van der Waals surface area contributed by atoms with Gasteiger partial charge in [0.2, 0.25) is 0 Å². The van der Waals surface area contributed by atoms with Crippen LogP contribution in [0.25, 0.3) is 5.76 Å². The lowest BCUT2D eigenvalue weighted by Gasteiger charge is -2.29. The number of hydrogen-bond acceptors (Lipinski definition) is 8. The Labute approximate surface area is 229 Å². The van der Waals surface area contributed by atoms with Gasteiger partial charge in [-0.15, -0.1) is 0 Å². The van der Waals surface area contributed by atoms with E-state index in [1.165, 1.54) is 0 Å². The Bertz CT molecular complexity index is 1170. The van der Waals surface area contributed by atoms with E-state index in [9.17, 15) is 14.7 Å². The number of aliphatic hydroxyl groups is 1. The molecule has 0 bridgehead atoms. The summed E-state index contributed by atoms with van der Waals surface area (Å²) in [6, 6.07) is 11.4. The van der Waals surface area contributed by atoms with Gasteiger partial charge in [0, 0.05) is 31.7 Å². The number of ether oxygens (including phenoxy) is 4. The molecule has 4 rings (SSSR count). The molecule has 1 atom stereocenters. The highest BCUT2D eigenvalue weighted by Crippen LogP contribution is 2.42. The quantitative estimate of drug-likeness (QED) is 0.246. The van der Waals surface area contributed by atoms with Gasteiger partial charge in [-0.1, -0.05) is 13.0 Å². The summed E-state index contributed by atoms with van der Waals surface area (Å²) in [6.07, 6.45) is 1.53. The minimum Gasteiger partial charge on any atom is -0.507 e. The first-order valence-corrected chi connectivity index (χ1v) is 13.6. The van der Waals surface area contributed by atoms with Gasteiger partial charge in [-0.05, 0) is 61.7 Å². The van der Waals surface area contributed by atoms with Crippen molar-refractivity contribution >= 4 is 17.4 Å². The normalized spacial score (nSPS) is 19.4. The van der Waals surface area contributed by atoms with Crippen molar-refractivity contribution in [3.05, 3.63) is 59.2 Å². The molecule has 210 valence electrons. The predicted molar refractivity (Wildman–Crippen MR) is 147 cm³/mol. The van der Waals surface area contributed by atoms with Gasteiger partial charge in [0.25, 0.3) is 11.7 Å². The summed E-state index contributed by atoms with van der Waals surface area (Å²) < 4.78 is 22.4. The smallest absolute Gasteiger partial charge is 0.295 e. The molecule has 2 aromatic rings. The van der Waals surface area contributed by atoms with E-state index < -0.39 is 17.7 Å². The summed E-state index contributed by atoms with van der Waals surface area (Å²) in [7, 11) is 1.56. The van der Waals surface area contributed by atoms with Crippen LogP contribution in [-0.4, -0.2) is 86.3 Å². The number of amides is 1.